The monoisotopic (exact) mass is 350 g/mol. The molecule has 1 saturated heterocycles. The fourth-order valence-corrected chi connectivity index (χ4v) is 2.10. The number of carbonyl (C=O) groups excluding carboxylic acids is 4. The number of alkyl halides is 1. The number of rotatable bonds is 6. The summed E-state index contributed by atoms with van der Waals surface area (Å²) < 4.78 is 39.7. The minimum absolute atomic E-state index is 0.553. The van der Waals surface area contributed by atoms with Crippen molar-refractivity contribution in [3.8, 4) is 0 Å². The van der Waals surface area contributed by atoms with Gasteiger partial charge in [-0.3, -0.25) is 19.2 Å². The van der Waals surface area contributed by atoms with Crippen molar-refractivity contribution >= 4 is 23.9 Å². The molecule has 1 rings (SSSR count). The Morgan fingerprint density at radius 2 is 1.46 bits per heavy atom. The standard InChI is InChI=1S/C14H19FO9/c1-7(16)20-5-11-14(15,6-21-8(2)17)12(22-9(3)18)13(24-11)23-10(4)19/h11-13H,5-6H2,1-4H3/t11-,12+,13+,14+/m1/s1. The van der Waals surface area contributed by atoms with Gasteiger partial charge in [-0.25, -0.2) is 4.39 Å². The van der Waals surface area contributed by atoms with Gasteiger partial charge in [-0.2, -0.15) is 0 Å². The Morgan fingerprint density at radius 3 is 1.92 bits per heavy atom. The summed E-state index contributed by atoms with van der Waals surface area (Å²) in [5, 5.41) is 0. The summed E-state index contributed by atoms with van der Waals surface area (Å²) in [7, 11) is 0. The average molecular weight is 350 g/mol. The van der Waals surface area contributed by atoms with Crippen LogP contribution in [0.5, 0.6) is 0 Å². The summed E-state index contributed by atoms with van der Waals surface area (Å²) in [6.07, 6.45) is -4.75. The molecule has 1 heterocycles. The van der Waals surface area contributed by atoms with Crippen molar-refractivity contribution < 1.29 is 47.3 Å². The van der Waals surface area contributed by atoms with Crippen molar-refractivity contribution in [1.29, 1.82) is 0 Å². The first kappa shape index (κ1) is 19.8. The van der Waals surface area contributed by atoms with Crippen LogP contribution in [0.3, 0.4) is 0 Å². The Morgan fingerprint density at radius 1 is 0.917 bits per heavy atom. The molecular weight excluding hydrogens is 331 g/mol. The molecule has 0 aromatic heterocycles. The summed E-state index contributed by atoms with van der Waals surface area (Å²) in [5.41, 5.74) is -2.58. The average Bonchev–Trinajstić information content (AvgIpc) is 2.67. The second-order valence-electron chi connectivity index (χ2n) is 5.14. The van der Waals surface area contributed by atoms with E-state index in [1.807, 2.05) is 0 Å². The highest BCUT2D eigenvalue weighted by molar-refractivity contribution is 5.68. The lowest BCUT2D eigenvalue weighted by atomic mass is 9.95. The van der Waals surface area contributed by atoms with E-state index in [1.54, 1.807) is 0 Å². The van der Waals surface area contributed by atoms with Crippen molar-refractivity contribution in [2.45, 2.75) is 51.9 Å². The van der Waals surface area contributed by atoms with Gasteiger partial charge in [0.15, 0.2) is 0 Å². The summed E-state index contributed by atoms with van der Waals surface area (Å²) >= 11 is 0. The third-order valence-corrected chi connectivity index (χ3v) is 3.06. The zero-order valence-electron chi connectivity index (χ0n) is 13.7. The minimum atomic E-state index is -2.58. The maximum Gasteiger partial charge on any atom is 0.305 e. The highest BCUT2D eigenvalue weighted by Gasteiger charge is 2.62. The predicted molar refractivity (Wildman–Crippen MR) is 73.1 cm³/mol. The van der Waals surface area contributed by atoms with Crippen LogP contribution in [0.2, 0.25) is 0 Å². The molecule has 1 fully saturated rings. The van der Waals surface area contributed by atoms with E-state index in [1.165, 1.54) is 0 Å². The molecule has 24 heavy (non-hydrogen) atoms. The van der Waals surface area contributed by atoms with Gasteiger partial charge in [-0.15, -0.1) is 0 Å². The molecule has 0 aromatic rings. The molecule has 1 aliphatic rings. The van der Waals surface area contributed by atoms with Gasteiger partial charge in [0.05, 0.1) is 0 Å². The van der Waals surface area contributed by atoms with Crippen LogP contribution in [0.25, 0.3) is 0 Å². The second kappa shape index (κ2) is 8.04. The summed E-state index contributed by atoms with van der Waals surface area (Å²) in [6.45, 7) is 2.85. The van der Waals surface area contributed by atoms with Crippen molar-refractivity contribution in [3.63, 3.8) is 0 Å². The molecule has 136 valence electrons. The number of hydrogen-bond donors (Lipinski definition) is 0. The Kier molecular flexibility index (Phi) is 6.64. The van der Waals surface area contributed by atoms with Crippen LogP contribution in [0.15, 0.2) is 0 Å². The van der Waals surface area contributed by atoms with Crippen LogP contribution in [-0.4, -0.2) is 61.3 Å². The van der Waals surface area contributed by atoms with E-state index in [4.69, 9.17) is 18.9 Å². The number of halogens is 1. The smallest absolute Gasteiger partial charge is 0.305 e. The lowest BCUT2D eigenvalue weighted by molar-refractivity contribution is -0.197. The maximum atomic E-state index is 15.5. The van der Waals surface area contributed by atoms with Crippen LogP contribution >= 0.6 is 0 Å². The van der Waals surface area contributed by atoms with Crippen LogP contribution in [0.1, 0.15) is 27.7 Å². The Bertz CT molecular complexity index is 520. The van der Waals surface area contributed by atoms with Gasteiger partial charge < -0.3 is 23.7 Å². The zero-order valence-corrected chi connectivity index (χ0v) is 13.7. The van der Waals surface area contributed by atoms with E-state index < -0.39 is 61.3 Å². The fourth-order valence-electron chi connectivity index (χ4n) is 2.10. The van der Waals surface area contributed by atoms with E-state index in [0.29, 0.717) is 0 Å². The minimum Gasteiger partial charge on any atom is -0.463 e. The van der Waals surface area contributed by atoms with Gasteiger partial charge in [0.25, 0.3) is 0 Å². The predicted octanol–water partition coefficient (Wildman–Crippen LogP) is 0.0406. The van der Waals surface area contributed by atoms with Crippen LogP contribution < -0.4 is 0 Å². The molecule has 0 amide bonds. The van der Waals surface area contributed by atoms with E-state index in [9.17, 15) is 19.2 Å². The molecule has 0 aromatic carbocycles. The number of ether oxygens (including phenoxy) is 5. The van der Waals surface area contributed by atoms with E-state index in [2.05, 4.69) is 4.74 Å². The highest BCUT2D eigenvalue weighted by Crippen LogP contribution is 2.38. The van der Waals surface area contributed by atoms with Crippen molar-refractivity contribution in [2.24, 2.45) is 0 Å². The van der Waals surface area contributed by atoms with Crippen molar-refractivity contribution in [1.82, 2.24) is 0 Å². The highest BCUT2D eigenvalue weighted by atomic mass is 19.1. The third-order valence-electron chi connectivity index (χ3n) is 3.06. The number of esters is 4. The Hall–Kier alpha value is -2.23. The lowest BCUT2D eigenvalue weighted by Gasteiger charge is -2.29. The van der Waals surface area contributed by atoms with Gasteiger partial charge >= 0.3 is 23.9 Å². The molecule has 4 atom stereocenters. The molecule has 1 aliphatic heterocycles. The Balaban J connectivity index is 3.09. The van der Waals surface area contributed by atoms with Gasteiger partial charge in [-0.1, -0.05) is 0 Å². The van der Waals surface area contributed by atoms with Crippen LogP contribution in [-0.2, 0) is 42.9 Å². The number of carbonyl (C=O) groups is 4. The summed E-state index contributed by atoms with van der Waals surface area (Å²) in [5.74, 6) is -3.15. The van der Waals surface area contributed by atoms with E-state index in [-0.39, 0.29) is 0 Å². The molecule has 0 spiro atoms. The normalized spacial score (nSPS) is 28.8. The van der Waals surface area contributed by atoms with E-state index >= 15 is 4.39 Å². The first-order chi connectivity index (χ1) is 11.1. The van der Waals surface area contributed by atoms with Crippen LogP contribution in [0.4, 0.5) is 4.39 Å². The topological polar surface area (TPSA) is 114 Å². The quantitative estimate of drug-likeness (QED) is 0.484. The molecule has 0 bridgehead atoms. The molecule has 0 unspecified atom stereocenters. The van der Waals surface area contributed by atoms with Gasteiger partial charge in [0.1, 0.15) is 19.3 Å². The molecule has 9 nitrogen and oxygen atoms in total. The summed E-state index contributed by atoms with van der Waals surface area (Å²) in [4.78, 5) is 44.3. The zero-order chi connectivity index (χ0) is 18.5. The fraction of sp³-hybridized carbons (Fsp3) is 0.714. The largest absolute Gasteiger partial charge is 0.463 e. The lowest BCUT2D eigenvalue weighted by Crippen LogP contribution is -2.52. The molecule has 0 N–H and O–H groups in total. The van der Waals surface area contributed by atoms with Crippen molar-refractivity contribution in [3.05, 3.63) is 0 Å². The first-order valence-electron chi connectivity index (χ1n) is 7.01. The third kappa shape index (κ3) is 5.15. The number of hydrogen-bond acceptors (Lipinski definition) is 9. The molecule has 0 aliphatic carbocycles. The SMILES string of the molecule is CC(=O)OC[C@H]1O[C@H](OC(C)=O)[C@H](OC(C)=O)[C@]1(F)COC(C)=O. The van der Waals surface area contributed by atoms with Gasteiger partial charge in [-0.05, 0) is 0 Å². The molecule has 0 radical (unpaired) electrons. The first-order valence-corrected chi connectivity index (χ1v) is 7.01. The molecule has 10 heteroatoms. The van der Waals surface area contributed by atoms with E-state index in [0.717, 1.165) is 27.7 Å². The van der Waals surface area contributed by atoms with Crippen LogP contribution in [0, 0.1) is 0 Å². The Labute approximate surface area is 137 Å². The molecule has 0 saturated carbocycles. The molecular formula is C14H19FO9. The van der Waals surface area contributed by atoms with Gasteiger partial charge in [0, 0.05) is 27.7 Å². The van der Waals surface area contributed by atoms with Crippen molar-refractivity contribution in [2.75, 3.05) is 13.2 Å². The maximum absolute atomic E-state index is 15.5. The van der Waals surface area contributed by atoms with Gasteiger partial charge in [0.2, 0.25) is 18.1 Å². The second-order valence-corrected chi connectivity index (χ2v) is 5.14. The summed E-state index contributed by atoms with van der Waals surface area (Å²) in [6, 6.07) is 0.